The van der Waals surface area contributed by atoms with E-state index in [0.717, 1.165) is 10.0 Å². The van der Waals surface area contributed by atoms with Crippen molar-refractivity contribution < 1.29 is 9.59 Å². The Hall–Kier alpha value is -2.14. The zero-order valence-electron chi connectivity index (χ0n) is 13.3. The molecule has 120 valence electrons. The van der Waals surface area contributed by atoms with Crippen molar-refractivity contribution in [2.24, 2.45) is 5.92 Å². The SMILES string of the molecule is Cc1ccc(C(=O)Nc2ccc(NC(=O)C(C)C)cc2)cc1Br. The molecule has 0 aromatic heterocycles. The summed E-state index contributed by atoms with van der Waals surface area (Å²) in [5, 5.41) is 5.65. The van der Waals surface area contributed by atoms with Crippen LogP contribution < -0.4 is 10.6 Å². The first-order chi connectivity index (χ1) is 10.9. The summed E-state index contributed by atoms with van der Waals surface area (Å²) < 4.78 is 0.900. The minimum Gasteiger partial charge on any atom is -0.326 e. The number of aryl methyl sites for hydroxylation is 1. The number of carbonyl (C=O) groups is 2. The summed E-state index contributed by atoms with van der Waals surface area (Å²) in [5.74, 6) is -0.287. The normalized spacial score (nSPS) is 10.5. The van der Waals surface area contributed by atoms with E-state index in [1.807, 2.05) is 26.8 Å². The van der Waals surface area contributed by atoms with E-state index in [1.165, 1.54) is 0 Å². The predicted molar refractivity (Wildman–Crippen MR) is 96.7 cm³/mol. The maximum atomic E-state index is 12.2. The molecule has 2 N–H and O–H groups in total. The van der Waals surface area contributed by atoms with Crippen molar-refractivity contribution in [1.82, 2.24) is 0 Å². The van der Waals surface area contributed by atoms with E-state index in [1.54, 1.807) is 36.4 Å². The summed E-state index contributed by atoms with van der Waals surface area (Å²) in [4.78, 5) is 23.9. The van der Waals surface area contributed by atoms with Crippen LogP contribution in [0.3, 0.4) is 0 Å². The van der Waals surface area contributed by atoms with Gasteiger partial charge in [0.25, 0.3) is 5.91 Å². The van der Waals surface area contributed by atoms with Gasteiger partial charge in [0.1, 0.15) is 0 Å². The Morgan fingerprint density at radius 2 is 1.52 bits per heavy atom. The number of hydrogen-bond donors (Lipinski definition) is 2. The first-order valence-electron chi connectivity index (χ1n) is 7.35. The van der Waals surface area contributed by atoms with Crippen molar-refractivity contribution in [3.05, 3.63) is 58.1 Å². The number of rotatable bonds is 4. The van der Waals surface area contributed by atoms with Gasteiger partial charge in [-0.05, 0) is 48.9 Å². The lowest BCUT2D eigenvalue weighted by Crippen LogP contribution is -2.17. The van der Waals surface area contributed by atoms with E-state index < -0.39 is 0 Å². The lowest BCUT2D eigenvalue weighted by Gasteiger charge is -2.10. The highest BCUT2D eigenvalue weighted by Crippen LogP contribution is 2.19. The molecule has 0 atom stereocenters. The van der Waals surface area contributed by atoms with Crippen molar-refractivity contribution in [3.8, 4) is 0 Å². The van der Waals surface area contributed by atoms with E-state index in [9.17, 15) is 9.59 Å². The number of hydrogen-bond acceptors (Lipinski definition) is 2. The van der Waals surface area contributed by atoms with Gasteiger partial charge in [-0.2, -0.15) is 0 Å². The molecule has 2 rings (SSSR count). The van der Waals surface area contributed by atoms with Crippen LogP contribution in [0.4, 0.5) is 11.4 Å². The molecule has 2 aromatic carbocycles. The third kappa shape index (κ3) is 4.66. The summed E-state index contributed by atoms with van der Waals surface area (Å²) in [6.45, 7) is 5.64. The largest absolute Gasteiger partial charge is 0.326 e. The van der Waals surface area contributed by atoms with Crippen LogP contribution in [0.1, 0.15) is 29.8 Å². The minimum atomic E-state index is -0.176. The van der Waals surface area contributed by atoms with Gasteiger partial charge in [-0.1, -0.05) is 35.8 Å². The van der Waals surface area contributed by atoms with E-state index in [2.05, 4.69) is 26.6 Å². The first-order valence-corrected chi connectivity index (χ1v) is 8.14. The van der Waals surface area contributed by atoms with Gasteiger partial charge >= 0.3 is 0 Å². The van der Waals surface area contributed by atoms with Gasteiger partial charge in [0.15, 0.2) is 0 Å². The topological polar surface area (TPSA) is 58.2 Å². The summed E-state index contributed by atoms with van der Waals surface area (Å²) in [5.41, 5.74) is 3.04. The fourth-order valence-electron chi connectivity index (χ4n) is 1.86. The Balaban J connectivity index is 2.04. The molecule has 23 heavy (non-hydrogen) atoms. The van der Waals surface area contributed by atoms with Gasteiger partial charge in [-0.25, -0.2) is 0 Å². The molecule has 4 nitrogen and oxygen atoms in total. The summed E-state index contributed by atoms with van der Waals surface area (Å²) in [6, 6.07) is 12.5. The molecule has 0 saturated heterocycles. The quantitative estimate of drug-likeness (QED) is 0.820. The van der Waals surface area contributed by atoms with E-state index in [-0.39, 0.29) is 17.7 Å². The predicted octanol–water partition coefficient (Wildman–Crippen LogP) is 4.60. The molecule has 5 heteroatoms. The second kappa shape index (κ2) is 7.42. The van der Waals surface area contributed by atoms with Gasteiger partial charge in [0.2, 0.25) is 5.91 Å². The highest BCUT2D eigenvalue weighted by Gasteiger charge is 2.09. The molecule has 0 bridgehead atoms. The molecule has 0 aliphatic heterocycles. The van der Waals surface area contributed by atoms with Gasteiger partial charge in [0, 0.05) is 27.3 Å². The molecular weight excluding hydrogens is 356 g/mol. The number of anilines is 2. The molecule has 0 radical (unpaired) electrons. The van der Waals surface area contributed by atoms with E-state index in [0.29, 0.717) is 16.9 Å². The Labute approximate surface area is 144 Å². The molecule has 0 fully saturated rings. The molecule has 0 aliphatic rings. The molecule has 0 spiro atoms. The second-order valence-electron chi connectivity index (χ2n) is 5.64. The average Bonchev–Trinajstić information content (AvgIpc) is 2.51. The van der Waals surface area contributed by atoms with Crippen molar-refractivity contribution in [2.45, 2.75) is 20.8 Å². The van der Waals surface area contributed by atoms with Crippen LogP contribution in [0.25, 0.3) is 0 Å². The van der Waals surface area contributed by atoms with Gasteiger partial charge in [-0.3, -0.25) is 9.59 Å². The Kier molecular flexibility index (Phi) is 5.55. The molecule has 0 unspecified atom stereocenters. The fourth-order valence-corrected chi connectivity index (χ4v) is 2.24. The van der Waals surface area contributed by atoms with Crippen LogP contribution in [0, 0.1) is 12.8 Å². The fraction of sp³-hybridized carbons (Fsp3) is 0.222. The maximum absolute atomic E-state index is 12.2. The number of benzene rings is 2. The number of nitrogens with one attached hydrogen (secondary N) is 2. The highest BCUT2D eigenvalue weighted by molar-refractivity contribution is 9.10. The highest BCUT2D eigenvalue weighted by atomic mass is 79.9. The lowest BCUT2D eigenvalue weighted by molar-refractivity contribution is -0.118. The van der Waals surface area contributed by atoms with Crippen LogP contribution in [-0.2, 0) is 4.79 Å². The van der Waals surface area contributed by atoms with Crippen molar-refractivity contribution in [1.29, 1.82) is 0 Å². The third-order valence-corrected chi connectivity index (χ3v) is 4.22. The van der Waals surface area contributed by atoms with Crippen LogP contribution in [0.2, 0.25) is 0 Å². The van der Waals surface area contributed by atoms with Crippen LogP contribution in [0.15, 0.2) is 46.9 Å². The second-order valence-corrected chi connectivity index (χ2v) is 6.49. The van der Waals surface area contributed by atoms with E-state index in [4.69, 9.17) is 0 Å². The summed E-state index contributed by atoms with van der Waals surface area (Å²) >= 11 is 3.42. The van der Waals surface area contributed by atoms with Crippen molar-refractivity contribution in [2.75, 3.05) is 10.6 Å². The Bertz CT molecular complexity index is 724. The number of carbonyl (C=O) groups excluding carboxylic acids is 2. The molecule has 0 aliphatic carbocycles. The van der Waals surface area contributed by atoms with Gasteiger partial charge in [-0.15, -0.1) is 0 Å². The third-order valence-electron chi connectivity index (χ3n) is 3.37. The first kappa shape index (κ1) is 17.2. The number of halogens is 1. The molecule has 2 amide bonds. The average molecular weight is 375 g/mol. The van der Waals surface area contributed by atoms with Gasteiger partial charge in [0.05, 0.1) is 0 Å². The van der Waals surface area contributed by atoms with Crippen molar-refractivity contribution >= 4 is 39.1 Å². The van der Waals surface area contributed by atoms with Gasteiger partial charge < -0.3 is 10.6 Å². The lowest BCUT2D eigenvalue weighted by atomic mass is 10.1. The smallest absolute Gasteiger partial charge is 0.255 e. The van der Waals surface area contributed by atoms with Crippen molar-refractivity contribution in [3.63, 3.8) is 0 Å². The molecule has 0 saturated carbocycles. The standard InChI is InChI=1S/C18H19BrN2O2/c1-11(2)17(22)20-14-6-8-15(9-7-14)21-18(23)13-5-4-12(3)16(19)10-13/h4-11H,1-3H3,(H,20,22)(H,21,23). The number of amides is 2. The van der Waals surface area contributed by atoms with E-state index >= 15 is 0 Å². The monoisotopic (exact) mass is 374 g/mol. The summed E-state index contributed by atoms with van der Waals surface area (Å²) in [6.07, 6.45) is 0. The molecule has 0 heterocycles. The minimum absolute atomic E-state index is 0.0358. The zero-order valence-corrected chi connectivity index (χ0v) is 14.9. The van der Waals surface area contributed by atoms with Crippen LogP contribution in [-0.4, -0.2) is 11.8 Å². The molecular formula is C18H19BrN2O2. The Morgan fingerprint density at radius 3 is 2.04 bits per heavy atom. The zero-order chi connectivity index (χ0) is 17.0. The Morgan fingerprint density at radius 1 is 0.957 bits per heavy atom. The van der Waals surface area contributed by atoms with Crippen LogP contribution >= 0.6 is 15.9 Å². The maximum Gasteiger partial charge on any atom is 0.255 e. The summed E-state index contributed by atoms with van der Waals surface area (Å²) in [7, 11) is 0. The molecule has 2 aromatic rings. The van der Waals surface area contributed by atoms with Crippen LogP contribution in [0.5, 0.6) is 0 Å².